The second-order valence-corrected chi connectivity index (χ2v) is 5.71. The normalized spacial score (nSPS) is 11.6. The number of carboxylic acid groups (broad SMARTS) is 1. The van der Waals surface area contributed by atoms with Crippen molar-refractivity contribution in [3.63, 3.8) is 0 Å². The van der Waals surface area contributed by atoms with E-state index in [4.69, 9.17) is 9.52 Å². The molecule has 26 heavy (non-hydrogen) atoms. The molecule has 3 rings (SSSR count). The van der Waals surface area contributed by atoms with Crippen LogP contribution < -0.4 is 5.32 Å². The average molecular weight is 374 g/mol. The Morgan fingerprint density at radius 2 is 1.69 bits per heavy atom. The summed E-state index contributed by atoms with van der Waals surface area (Å²) in [5.74, 6) is 0.475. The van der Waals surface area contributed by atoms with Crippen LogP contribution in [0.3, 0.4) is 0 Å². The standard InChI is InChI=1S/C20H19NO4.ClH/c22-18(14-4-2-1-3-5-14)13-21-12-17-10-11-19(25-17)15-6-8-16(9-7-15)20(23)24;/h1-11,18,21-22H,12-13H2,(H,23,24);1H. The van der Waals surface area contributed by atoms with E-state index in [-0.39, 0.29) is 18.0 Å². The van der Waals surface area contributed by atoms with Crippen LogP contribution in [0.1, 0.15) is 27.8 Å². The molecule has 1 unspecified atom stereocenters. The van der Waals surface area contributed by atoms with Gasteiger partial charge in [-0.05, 0) is 29.8 Å². The van der Waals surface area contributed by atoms with Gasteiger partial charge in [-0.2, -0.15) is 0 Å². The van der Waals surface area contributed by atoms with E-state index >= 15 is 0 Å². The van der Waals surface area contributed by atoms with Gasteiger partial charge in [-0.15, -0.1) is 12.4 Å². The first kappa shape index (κ1) is 19.7. The van der Waals surface area contributed by atoms with E-state index < -0.39 is 12.1 Å². The average Bonchev–Trinajstić information content (AvgIpc) is 3.11. The highest BCUT2D eigenvalue weighted by molar-refractivity contribution is 5.88. The number of hydrogen-bond acceptors (Lipinski definition) is 4. The number of carbonyl (C=O) groups is 1. The van der Waals surface area contributed by atoms with E-state index in [2.05, 4.69) is 5.32 Å². The van der Waals surface area contributed by atoms with Crippen LogP contribution in [-0.4, -0.2) is 22.7 Å². The van der Waals surface area contributed by atoms with Crippen LogP contribution >= 0.6 is 12.4 Å². The number of rotatable bonds is 7. The van der Waals surface area contributed by atoms with Crippen molar-refractivity contribution in [3.05, 3.63) is 83.6 Å². The molecule has 0 saturated heterocycles. The van der Waals surface area contributed by atoms with Gasteiger partial charge in [0, 0.05) is 12.1 Å². The van der Waals surface area contributed by atoms with E-state index in [1.807, 2.05) is 42.5 Å². The summed E-state index contributed by atoms with van der Waals surface area (Å²) in [6, 6.07) is 19.7. The van der Waals surface area contributed by atoms with Gasteiger partial charge in [-0.25, -0.2) is 4.79 Å². The van der Waals surface area contributed by atoms with E-state index in [0.717, 1.165) is 16.9 Å². The summed E-state index contributed by atoms with van der Waals surface area (Å²) < 4.78 is 5.77. The van der Waals surface area contributed by atoms with Crippen molar-refractivity contribution in [3.8, 4) is 11.3 Å². The van der Waals surface area contributed by atoms with Gasteiger partial charge in [-0.3, -0.25) is 0 Å². The molecule has 0 radical (unpaired) electrons. The van der Waals surface area contributed by atoms with E-state index in [9.17, 15) is 9.90 Å². The van der Waals surface area contributed by atoms with Crippen LogP contribution in [0, 0.1) is 0 Å². The Morgan fingerprint density at radius 3 is 2.35 bits per heavy atom. The minimum Gasteiger partial charge on any atom is -0.478 e. The van der Waals surface area contributed by atoms with Crippen molar-refractivity contribution in [1.29, 1.82) is 0 Å². The Morgan fingerprint density at radius 1 is 1.00 bits per heavy atom. The molecule has 1 atom stereocenters. The SMILES string of the molecule is Cl.O=C(O)c1ccc(-c2ccc(CNCC(O)c3ccccc3)o2)cc1. The lowest BCUT2D eigenvalue weighted by Gasteiger charge is -2.11. The fraction of sp³-hybridized carbons (Fsp3) is 0.150. The van der Waals surface area contributed by atoms with Crippen LogP contribution in [0.5, 0.6) is 0 Å². The maximum absolute atomic E-state index is 10.9. The Hall–Kier alpha value is -2.60. The summed E-state index contributed by atoms with van der Waals surface area (Å²) in [6.45, 7) is 0.921. The minimum absolute atomic E-state index is 0. The predicted molar refractivity (Wildman–Crippen MR) is 101 cm³/mol. The quantitative estimate of drug-likeness (QED) is 0.585. The molecule has 2 aromatic carbocycles. The molecule has 136 valence electrons. The fourth-order valence-corrected chi connectivity index (χ4v) is 2.53. The van der Waals surface area contributed by atoms with Crippen LogP contribution in [-0.2, 0) is 6.54 Å². The molecule has 0 aliphatic rings. The highest BCUT2D eigenvalue weighted by Gasteiger charge is 2.09. The zero-order chi connectivity index (χ0) is 17.6. The third kappa shape index (κ3) is 4.95. The maximum atomic E-state index is 10.9. The highest BCUT2D eigenvalue weighted by atomic mass is 35.5. The Balaban J connectivity index is 0.00000243. The minimum atomic E-state index is -0.951. The first-order valence-electron chi connectivity index (χ1n) is 7.99. The predicted octanol–water partition coefficient (Wildman–Crippen LogP) is 3.89. The second-order valence-electron chi connectivity index (χ2n) is 5.71. The molecule has 0 aliphatic heterocycles. The molecule has 0 spiro atoms. The largest absolute Gasteiger partial charge is 0.478 e. The van der Waals surface area contributed by atoms with Crippen LogP contribution in [0.15, 0.2) is 71.1 Å². The molecule has 6 heteroatoms. The number of aromatic carboxylic acids is 1. The number of hydrogen-bond donors (Lipinski definition) is 3. The first-order valence-corrected chi connectivity index (χ1v) is 7.99. The summed E-state index contributed by atoms with van der Waals surface area (Å²) in [4.78, 5) is 10.9. The number of aliphatic hydroxyl groups is 1. The monoisotopic (exact) mass is 373 g/mol. The zero-order valence-corrected chi connectivity index (χ0v) is 14.8. The molecule has 1 heterocycles. The van der Waals surface area contributed by atoms with Gasteiger partial charge in [0.1, 0.15) is 11.5 Å². The van der Waals surface area contributed by atoms with Crippen LogP contribution in [0.25, 0.3) is 11.3 Å². The third-order valence-corrected chi connectivity index (χ3v) is 3.90. The van der Waals surface area contributed by atoms with Gasteiger partial charge < -0.3 is 19.9 Å². The number of aliphatic hydroxyl groups excluding tert-OH is 1. The van der Waals surface area contributed by atoms with E-state index in [1.165, 1.54) is 0 Å². The summed E-state index contributed by atoms with van der Waals surface area (Å²) in [5.41, 5.74) is 1.93. The lowest BCUT2D eigenvalue weighted by Crippen LogP contribution is -2.20. The zero-order valence-electron chi connectivity index (χ0n) is 14.0. The lowest BCUT2D eigenvalue weighted by atomic mass is 10.1. The molecular formula is C20H20ClNO4. The smallest absolute Gasteiger partial charge is 0.335 e. The second kappa shape index (κ2) is 9.20. The number of carboxylic acids is 1. The van der Waals surface area contributed by atoms with Gasteiger partial charge in [-0.1, -0.05) is 42.5 Å². The Labute approximate surface area is 157 Å². The molecule has 0 amide bonds. The number of halogens is 1. The van der Waals surface area contributed by atoms with Gasteiger partial charge in [0.25, 0.3) is 0 Å². The molecule has 3 aromatic rings. The van der Waals surface area contributed by atoms with Crippen molar-refractivity contribution >= 4 is 18.4 Å². The lowest BCUT2D eigenvalue weighted by molar-refractivity contribution is 0.0697. The molecule has 0 fully saturated rings. The highest BCUT2D eigenvalue weighted by Crippen LogP contribution is 2.22. The van der Waals surface area contributed by atoms with Crippen molar-refractivity contribution in [2.45, 2.75) is 12.6 Å². The van der Waals surface area contributed by atoms with Crippen LogP contribution in [0.2, 0.25) is 0 Å². The summed E-state index contributed by atoms with van der Waals surface area (Å²) in [6.07, 6.45) is -0.570. The molecule has 0 saturated carbocycles. The molecule has 0 bridgehead atoms. The van der Waals surface area contributed by atoms with Crippen molar-refractivity contribution in [2.75, 3.05) is 6.54 Å². The van der Waals surface area contributed by atoms with Gasteiger partial charge >= 0.3 is 5.97 Å². The maximum Gasteiger partial charge on any atom is 0.335 e. The van der Waals surface area contributed by atoms with Crippen molar-refractivity contribution in [2.24, 2.45) is 0 Å². The first-order chi connectivity index (χ1) is 12.1. The third-order valence-electron chi connectivity index (χ3n) is 3.90. The Bertz CT molecular complexity index is 831. The summed E-state index contributed by atoms with van der Waals surface area (Å²) >= 11 is 0. The Kier molecular flexibility index (Phi) is 6.97. The van der Waals surface area contributed by atoms with E-state index in [0.29, 0.717) is 18.8 Å². The molecule has 1 aromatic heterocycles. The number of benzene rings is 2. The van der Waals surface area contributed by atoms with E-state index in [1.54, 1.807) is 24.3 Å². The summed E-state index contributed by atoms with van der Waals surface area (Å²) in [7, 11) is 0. The molecule has 5 nitrogen and oxygen atoms in total. The molecular weight excluding hydrogens is 354 g/mol. The summed E-state index contributed by atoms with van der Waals surface area (Å²) in [5, 5.41) is 22.2. The topological polar surface area (TPSA) is 82.7 Å². The molecule has 3 N–H and O–H groups in total. The van der Waals surface area contributed by atoms with Gasteiger partial charge in [0.05, 0.1) is 18.2 Å². The molecule has 0 aliphatic carbocycles. The fourth-order valence-electron chi connectivity index (χ4n) is 2.53. The van der Waals surface area contributed by atoms with Gasteiger partial charge in [0.15, 0.2) is 0 Å². The van der Waals surface area contributed by atoms with Crippen molar-refractivity contribution in [1.82, 2.24) is 5.32 Å². The number of furan rings is 1. The number of nitrogens with one attached hydrogen (secondary N) is 1. The van der Waals surface area contributed by atoms with Gasteiger partial charge in [0.2, 0.25) is 0 Å². The van der Waals surface area contributed by atoms with Crippen LogP contribution in [0.4, 0.5) is 0 Å². The van der Waals surface area contributed by atoms with Crippen molar-refractivity contribution < 1.29 is 19.4 Å².